The second kappa shape index (κ2) is 5.57. The van der Waals surface area contributed by atoms with Crippen molar-refractivity contribution in [3.8, 4) is 0 Å². The second-order valence-electron chi connectivity index (χ2n) is 4.74. The summed E-state index contributed by atoms with van der Waals surface area (Å²) in [6.07, 6.45) is 0.880. The van der Waals surface area contributed by atoms with Crippen LogP contribution in [0.4, 0.5) is 8.78 Å². The van der Waals surface area contributed by atoms with Gasteiger partial charge in [0.05, 0.1) is 6.04 Å². The summed E-state index contributed by atoms with van der Waals surface area (Å²) in [5.41, 5.74) is 0.156. The summed E-state index contributed by atoms with van der Waals surface area (Å²) in [4.78, 5) is 25.2. The average molecular weight is 267 g/mol. The van der Waals surface area contributed by atoms with Crippen molar-refractivity contribution < 1.29 is 18.4 Å². The molecule has 0 aromatic heterocycles. The first-order chi connectivity index (χ1) is 8.99. The van der Waals surface area contributed by atoms with Gasteiger partial charge >= 0.3 is 0 Å². The molecule has 0 aliphatic carbocycles. The first-order valence-electron chi connectivity index (χ1n) is 6.24. The standard InChI is InChI=1S/C14H15F2NO2/c1-9(17-6-4-11(18)5-7-17)14(19)10-2-3-12(15)13(16)8-10/h2-3,8-9H,4-7H2,1H3. The van der Waals surface area contributed by atoms with Crippen LogP contribution < -0.4 is 0 Å². The molecule has 0 saturated carbocycles. The van der Waals surface area contributed by atoms with E-state index in [1.807, 2.05) is 4.90 Å². The molecule has 5 heteroatoms. The van der Waals surface area contributed by atoms with E-state index in [2.05, 4.69) is 0 Å². The van der Waals surface area contributed by atoms with Crippen molar-refractivity contribution in [1.82, 2.24) is 4.90 Å². The largest absolute Gasteiger partial charge is 0.300 e. The molecule has 1 aromatic carbocycles. The van der Waals surface area contributed by atoms with E-state index in [4.69, 9.17) is 0 Å². The lowest BCUT2D eigenvalue weighted by Crippen LogP contribution is -2.44. The van der Waals surface area contributed by atoms with Crippen molar-refractivity contribution in [3.63, 3.8) is 0 Å². The Labute approximate surface area is 110 Å². The SMILES string of the molecule is CC(C(=O)c1ccc(F)c(F)c1)N1CCC(=O)CC1. The normalized spacial score (nSPS) is 18.4. The van der Waals surface area contributed by atoms with Crippen LogP contribution in [0.5, 0.6) is 0 Å². The maximum Gasteiger partial charge on any atom is 0.179 e. The lowest BCUT2D eigenvalue weighted by molar-refractivity contribution is -0.121. The number of ketones is 2. The highest BCUT2D eigenvalue weighted by Crippen LogP contribution is 2.16. The molecule has 102 valence electrons. The number of hydrogen-bond donors (Lipinski definition) is 0. The summed E-state index contributed by atoms with van der Waals surface area (Å²) in [7, 11) is 0. The van der Waals surface area contributed by atoms with Crippen LogP contribution in [0.1, 0.15) is 30.1 Å². The van der Waals surface area contributed by atoms with Gasteiger partial charge in [-0.05, 0) is 25.1 Å². The highest BCUT2D eigenvalue weighted by atomic mass is 19.2. The van der Waals surface area contributed by atoms with Crippen LogP contribution in [0.15, 0.2) is 18.2 Å². The zero-order valence-electron chi connectivity index (χ0n) is 10.7. The number of Topliss-reactive ketones (excluding diaryl/α,β-unsaturated/α-hetero) is 2. The van der Waals surface area contributed by atoms with Gasteiger partial charge in [-0.1, -0.05) is 0 Å². The molecular weight excluding hydrogens is 252 g/mol. The van der Waals surface area contributed by atoms with Gasteiger partial charge < -0.3 is 0 Å². The molecule has 19 heavy (non-hydrogen) atoms. The van der Waals surface area contributed by atoms with Crippen LogP contribution in [0.3, 0.4) is 0 Å². The molecule has 1 aliphatic rings. The Morgan fingerprint density at radius 2 is 1.84 bits per heavy atom. The van der Waals surface area contributed by atoms with Gasteiger partial charge in [-0.3, -0.25) is 14.5 Å². The molecule has 0 spiro atoms. The first kappa shape index (κ1) is 13.8. The second-order valence-corrected chi connectivity index (χ2v) is 4.74. The van der Waals surface area contributed by atoms with Crippen LogP contribution in [-0.4, -0.2) is 35.6 Å². The van der Waals surface area contributed by atoms with E-state index in [9.17, 15) is 18.4 Å². The monoisotopic (exact) mass is 267 g/mol. The quantitative estimate of drug-likeness (QED) is 0.788. The predicted octanol–water partition coefficient (Wildman–Crippen LogP) is 2.20. The molecule has 0 amide bonds. The first-order valence-corrected chi connectivity index (χ1v) is 6.24. The number of halogens is 2. The molecule has 1 unspecified atom stereocenters. The number of carbonyl (C=O) groups excluding carboxylic acids is 2. The number of benzene rings is 1. The summed E-state index contributed by atoms with van der Waals surface area (Å²) in [5, 5.41) is 0. The molecule has 1 heterocycles. The zero-order valence-corrected chi connectivity index (χ0v) is 10.7. The van der Waals surface area contributed by atoms with E-state index < -0.39 is 17.7 Å². The highest BCUT2D eigenvalue weighted by Gasteiger charge is 2.26. The van der Waals surface area contributed by atoms with Crippen LogP contribution in [-0.2, 0) is 4.79 Å². The van der Waals surface area contributed by atoms with Gasteiger partial charge in [-0.2, -0.15) is 0 Å². The van der Waals surface area contributed by atoms with E-state index in [0.29, 0.717) is 25.9 Å². The molecule has 2 rings (SSSR count). The predicted molar refractivity (Wildman–Crippen MR) is 66.0 cm³/mol. The lowest BCUT2D eigenvalue weighted by Gasteiger charge is -2.30. The number of rotatable bonds is 3. The van der Waals surface area contributed by atoms with Crippen LogP contribution in [0.25, 0.3) is 0 Å². The van der Waals surface area contributed by atoms with Crippen molar-refractivity contribution in [2.45, 2.75) is 25.8 Å². The number of carbonyl (C=O) groups is 2. The fourth-order valence-electron chi connectivity index (χ4n) is 2.22. The Kier molecular flexibility index (Phi) is 4.04. The van der Waals surface area contributed by atoms with Crippen molar-refractivity contribution >= 4 is 11.6 Å². The highest BCUT2D eigenvalue weighted by molar-refractivity contribution is 6.00. The molecule has 1 atom stereocenters. The van der Waals surface area contributed by atoms with Gasteiger partial charge in [0.1, 0.15) is 5.78 Å². The summed E-state index contributed by atoms with van der Waals surface area (Å²) < 4.78 is 25.9. The van der Waals surface area contributed by atoms with Crippen LogP contribution >= 0.6 is 0 Å². The fourth-order valence-corrected chi connectivity index (χ4v) is 2.22. The Morgan fingerprint density at radius 3 is 2.42 bits per heavy atom. The zero-order chi connectivity index (χ0) is 14.0. The van der Waals surface area contributed by atoms with E-state index in [1.54, 1.807) is 6.92 Å². The third-order valence-electron chi connectivity index (χ3n) is 3.49. The minimum absolute atomic E-state index is 0.156. The molecule has 1 aliphatic heterocycles. The number of hydrogen-bond acceptors (Lipinski definition) is 3. The van der Waals surface area contributed by atoms with Crippen LogP contribution in [0, 0.1) is 11.6 Å². The van der Waals surface area contributed by atoms with Crippen molar-refractivity contribution in [2.24, 2.45) is 0 Å². The summed E-state index contributed by atoms with van der Waals surface area (Å²) >= 11 is 0. The molecule has 1 aromatic rings. The maximum atomic E-state index is 13.1. The molecule has 0 N–H and O–H groups in total. The molecule has 0 bridgehead atoms. The summed E-state index contributed by atoms with van der Waals surface area (Å²) in [5.74, 6) is -2.04. The number of piperidine rings is 1. The minimum atomic E-state index is -1.02. The van der Waals surface area contributed by atoms with Crippen LogP contribution in [0.2, 0.25) is 0 Å². The summed E-state index contributed by atoms with van der Waals surface area (Å²) in [6, 6.07) is 2.72. The van der Waals surface area contributed by atoms with E-state index in [0.717, 1.165) is 12.1 Å². The van der Waals surface area contributed by atoms with E-state index in [1.165, 1.54) is 6.07 Å². The molecule has 1 saturated heterocycles. The number of nitrogens with zero attached hydrogens (tertiary/aromatic N) is 1. The van der Waals surface area contributed by atoms with Crippen molar-refractivity contribution in [2.75, 3.05) is 13.1 Å². The molecule has 1 fully saturated rings. The van der Waals surface area contributed by atoms with Crippen molar-refractivity contribution in [3.05, 3.63) is 35.4 Å². The maximum absolute atomic E-state index is 13.1. The van der Waals surface area contributed by atoms with E-state index >= 15 is 0 Å². The van der Waals surface area contributed by atoms with Gasteiger partial charge in [0, 0.05) is 31.5 Å². The van der Waals surface area contributed by atoms with Gasteiger partial charge in [-0.25, -0.2) is 8.78 Å². The van der Waals surface area contributed by atoms with E-state index in [-0.39, 0.29) is 17.1 Å². The smallest absolute Gasteiger partial charge is 0.179 e. The average Bonchev–Trinajstić information content (AvgIpc) is 2.41. The van der Waals surface area contributed by atoms with Crippen molar-refractivity contribution in [1.29, 1.82) is 0 Å². The van der Waals surface area contributed by atoms with Gasteiger partial charge in [0.15, 0.2) is 17.4 Å². The third-order valence-corrected chi connectivity index (χ3v) is 3.49. The third kappa shape index (κ3) is 3.04. The molecule has 3 nitrogen and oxygen atoms in total. The Hall–Kier alpha value is -1.62. The van der Waals surface area contributed by atoms with Gasteiger partial charge in [0.25, 0.3) is 0 Å². The van der Waals surface area contributed by atoms with Gasteiger partial charge in [0.2, 0.25) is 0 Å². The Balaban J connectivity index is 2.10. The molecule has 0 radical (unpaired) electrons. The Bertz CT molecular complexity index is 506. The molecular formula is C14H15F2NO2. The Morgan fingerprint density at radius 1 is 1.21 bits per heavy atom. The fraction of sp³-hybridized carbons (Fsp3) is 0.429. The van der Waals surface area contributed by atoms with Gasteiger partial charge in [-0.15, -0.1) is 0 Å². The lowest BCUT2D eigenvalue weighted by atomic mass is 10.0. The summed E-state index contributed by atoms with van der Waals surface area (Å²) in [6.45, 7) is 2.80. The number of likely N-dealkylation sites (tertiary alicyclic amines) is 1. The minimum Gasteiger partial charge on any atom is -0.300 e. The topological polar surface area (TPSA) is 37.4 Å².